The molecule has 1 heterocycles. The molecule has 5 heteroatoms. The van der Waals surface area contributed by atoms with Gasteiger partial charge in [-0.3, -0.25) is 0 Å². The van der Waals surface area contributed by atoms with Crippen LogP contribution in [0.25, 0.3) is 0 Å². The fourth-order valence-corrected chi connectivity index (χ4v) is 1.93. The van der Waals surface area contributed by atoms with E-state index in [1.54, 1.807) is 6.07 Å². The van der Waals surface area contributed by atoms with Gasteiger partial charge in [0.15, 0.2) is 5.82 Å². The average Bonchev–Trinajstić information content (AvgIpc) is 2.34. The van der Waals surface area contributed by atoms with E-state index in [1.807, 2.05) is 18.2 Å². The second kappa shape index (κ2) is 5.14. The molecule has 0 aliphatic heterocycles. The first-order valence-corrected chi connectivity index (χ1v) is 6.13. The molecular formula is C12H13BrN4. The minimum atomic E-state index is 0.419. The highest BCUT2D eigenvalue weighted by Gasteiger charge is 2.03. The van der Waals surface area contributed by atoms with Crippen molar-refractivity contribution >= 4 is 33.3 Å². The third-order valence-electron chi connectivity index (χ3n) is 2.40. The number of halogens is 1. The molecular weight excluding hydrogens is 280 g/mol. The molecule has 0 aliphatic carbocycles. The first-order valence-electron chi connectivity index (χ1n) is 5.33. The summed E-state index contributed by atoms with van der Waals surface area (Å²) in [6, 6.07) is 9.63. The first-order chi connectivity index (χ1) is 8.19. The molecule has 0 fully saturated rings. The fraction of sp³-hybridized carbons (Fsp3) is 0.167. The molecule has 3 N–H and O–H groups in total. The zero-order valence-electron chi connectivity index (χ0n) is 9.44. The van der Waals surface area contributed by atoms with Crippen molar-refractivity contribution < 1.29 is 0 Å². The van der Waals surface area contributed by atoms with Crippen molar-refractivity contribution in [2.75, 3.05) is 11.1 Å². The van der Waals surface area contributed by atoms with Crippen molar-refractivity contribution in [3.8, 4) is 0 Å². The highest BCUT2D eigenvalue weighted by molar-refractivity contribution is 9.10. The lowest BCUT2D eigenvalue weighted by Crippen LogP contribution is -2.00. The van der Waals surface area contributed by atoms with Crippen LogP contribution in [0.1, 0.15) is 12.5 Å². The molecule has 0 saturated carbocycles. The van der Waals surface area contributed by atoms with E-state index < -0.39 is 0 Å². The first kappa shape index (κ1) is 11.9. The molecule has 0 unspecified atom stereocenters. The van der Waals surface area contributed by atoms with E-state index in [0.717, 1.165) is 16.6 Å². The minimum Gasteiger partial charge on any atom is -0.382 e. The Balaban J connectivity index is 2.26. The number of nitrogens with zero attached hydrogens (tertiary/aromatic N) is 2. The van der Waals surface area contributed by atoms with Crippen molar-refractivity contribution in [2.24, 2.45) is 0 Å². The van der Waals surface area contributed by atoms with Gasteiger partial charge in [-0.05, 0) is 42.3 Å². The Kier molecular flexibility index (Phi) is 3.58. The molecule has 0 saturated heterocycles. The standard InChI is InChI=1S/C12H13BrN4/c1-2-8-7-9(13)3-4-10(8)15-12-6-5-11(14)16-17-12/h3-7H,2H2,1H3,(H2,14,16)(H,15,17). The molecule has 1 aromatic heterocycles. The Morgan fingerprint density at radius 3 is 2.71 bits per heavy atom. The number of aryl methyl sites for hydroxylation is 1. The van der Waals surface area contributed by atoms with Crippen molar-refractivity contribution in [1.29, 1.82) is 0 Å². The van der Waals surface area contributed by atoms with Crippen molar-refractivity contribution in [2.45, 2.75) is 13.3 Å². The van der Waals surface area contributed by atoms with E-state index in [4.69, 9.17) is 5.73 Å². The molecule has 17 heavy (non-hydrogen) atoms. The monoisotopic (exact) mass is 292 g/mol. The number of nitrogen functional groups attached to an aromatic ring is 1. The minimum absolute atomic E-state index is 0.419. The summed E-state index contributed by atoms with van der Waals surface area (Å²) in [5.41, 5.74) is 7.75. The summed E-state index contributed by atoms with van der Waals surface area (Å²) in [6.45, 7) is 2.11. The van der Waals surface area contributed by atoms with Crippen LogP contribution in [0.4, 0.5) is 17.3 Å². The maximum Gasteiger partial charge on any atom is 0.153 e. The van der Waals surface area contributed by atoms with Gasteiger partial charge in [-0.15, -0.1) is 10.2 Å². The third kappa shape index (κ3) is 2.94. The maximum absolute atomic E-state index is 5.49. The van der Waals surface area contributed by atoms with E-state index in [-0.39, 0.29) is 0 Å². The van der Waals surface area contributed by atoms with Crippen LogP contribution < -0.4 is 11.1 Å². The van der Waals surface area contributed by atoms with Gasteiger partial charge in [-0.25, -0.2) is 0 Å². The molecule has 0 atom stereocenters. The Morgan fingerprint density at radius 1 is 1.24 bits per heavy atom. The average molecular weight is 293 g/mol. The zero-order valence-corrected chi connectivity index (χ0v) is 11.0. The number of nitrogens with two attached hydrogens (primary N) is 1. The molecule has 88 valence electrons. The Morgan fingerprint density at radius 2 is 2.06 bits per heavy atom. The van der Waals surface area contributed by atoms with Gasteiger partial charge in [0, 0.05) is 10.2 Å². The second-order valence-corrected chi connectivity index (χ2v) is 4.54. The van der Waals surface area contributed by atoms with E-state index in [9.17, 15) is 0 Å². The number of hydrogen-bond donors (Lipinski definition) is 2. The smallest absolute Gasteiger partial charge is 0.153 e. The molecule has 0 amide bonds. The predicted molar refractivity (Wildman–Crippen MR) is 73.2 cm³/mol. The highest BCUT2D eigenvalue weighted by atomic mass is 79.9. The van der Waals surface area contributed by atoms with E-state index in [1.165, 1.54) is 5.56 Å². The Hall–Kier alpha value is -1.62. The summed E-state index contributed by atoms with van der Waals surface area (Å²) >= 11 is 3.46. The molecule has 0 spiro atoms. The van der Waals surface area contributed by atoms with Crippen LogP contribution in [0.2, 0.25) is 0 Å². The van der Waals surface area contributed by atoms with Crippen LogP contribution in [-0.4, -0.2) is 10.2 Å². The van der Waals surface area contributed by atoms with Gasteiger partial charge in [-0.1, -0.05) is 22.9 Å². The highest BCUT2D eigenvalue weighted by Crippen LogP contribution is 2.24. The fourth-order valence-electron chi connectivity index (χ4n) is 1.52. The third-order valence-corrected chi connectivity index (χ3v) is 2.89. The SMILES string of the molecule is CCc1cc(Br)ccc1Nc1ccc(N)nn1. The second-order valence-electron chi connectivity index (χ2n) is 3.62. The topological polar surface area (TPSA) is 63.8 Å². The van der Waals surface area contributed by atoms with Crippen LogP contribution in [0.15, 0.2) is 34.8 Å². The summed E-state index contributed by atoms with van der Waals surface area (Å²) in [7, 11) is 0. The van der Waals surface area contributed by atoms with Gasteiger partial charge in [0.2, 0.25) is 0 Å². The quantitative estimate of drug-likeness (QED) is 0.912. The van der Waals surface area contributed by atoms with Gasteiger partial charge >= 0.3 is 0 Å². The van der Waals surface area contributed by atoms with Crippen LogP contribution in [-0.2, 0) is 6.42 Å². The van der Waals surface area contributed by atoms with Crippen molar-refractivity contribution in [3.05, 3.63) is 40.4 Å². The van der Waals surface area contributed by atoms with Crippen LogP contribution in [0.5, 0.6) is 0 Å². The van der Waals surface area contributed by atoms with Crippen molar-refractivity contribution in [3.63, 3.8) is 0 Å². The molecule has 0 bridgehead atoms. The van der Waals surface area contributed by atoms with Gasteiger partial charge in [0.1, 0.15) is 5.82 Å². The van der Waals surface area contributed by atoms with Crippen molar-refractivity contribution in [1.82, 2.24) is 10.2 Å². The lowest BCUT2D eigenvalue weighted by Gasteiger charge is -2.10. The van der Waals surface area contributed by atoms with Crippen LogP contribution in [0.3, 0.4) is 0 Å². The number of benzene rings is 1. The molecule has 0 radical (unpaired) electrons. The number of hydrogen-bond acceptors (Lipinski definition) is 4. The summed E-state index contributed by atoms with van der Waals surface area (Å²) < 4.78 is 1.07. The lowest BCUT2D eigenvalue weighted by molar-refractivity contribution is 1.04. The van der Waals surface area contributed by atoms with Crippen LogP contribution in [0, 0.1) is 0 Å². The van der Waals surface area contributed by atoms with Gasteiger partial charge in [0.05, 0.1) is 0 Å². The molecule has 2 aromatic rings. The normalized spacial score (nSPS) is 10.2. The molecule has 1 aromatic carbocycles. The largest absolute Gasteiger partial charge is 0.382 e. The summed E-state index contributed by atoms with van der Waals surface area (Å²) in [4.78, 5) is 0. The van der Waals surface area contributed by atoms with Gasteiger partial charge in [-0.2, -0.15) is 0 Å². The number of nitrogens with one attached hydrogen (secondary N) is 1. The molecule has 2 rings (SSSR count). The Labute approximate surface area is 108 Å². The van der Waals surface area contributed by atoms with Crippen LogP contribution >= 0.6 is 15.9 Å². The molecule has 4 nitrogen and oxygen atoms in total. The Bertz CT molecular complexity index is 510. The van der Waals surface area contributed by atoms with Gasteiger partial charge in [0.25, 0.3) is 0 Å². The lowest BCUT2D eigenvalue weighted by atomic mass is 10.1. The van der Waals surface area contributed by atoms with Gasteiger partial charge < -0.3 is 11.1 Å². The number of rotatable bonds is 3. The maximum atomic E-state index is 5.49. The van der Waals surface area contributed by atoms with E-state index in [0.29, 0.717) is 11.6 Å². The summed E-state index contributed by atoms with van der Waals surface area (Å²) in [5.74, 6) is 1.11. The number of aromatic nitrogens is 2. The predicted octanol–water partition coefficient (Wildman–Crippen LogP) is 3.13. The molecule has 0 aliphatic rings. The zero-order chi connectivity index (χ0) is 12.3. The number of anilines is 3. The van der Waals surface area contributed by atoms with E-state index in [2.05, 4.69) is 44.4 Å². The summed E-state index contributed by atoms with van der Waals surface area (Å²) in [6.07, 6.45) is 0.949. The van der Waals surface area contributed by atoms with E-state index >= 15 is 0 Å². The summed E-state index contributed by atoms with van der Waals surface area (Å²) in [5, 5.41) is 11.0.